The molecule has 0 bridgehead atoms. The van der Waals surface area contributed by atoms with Gasteiger partial charge in [-0.3, -0.25) is 10.1 Å². The summed E-state index contributed by atoms with van der Waals surface area (Å²) in [5.41, 5.74) is 1.36. The molecule has 0 aliphatic rings. The summed E-state index contributed by atoms with van der Waals surface area (Å²) in [6.45, 7) is 1.01. The predicted octanol–water partition coefficient (Wildman–Crippen LogP) is 3.65. The number of thiocarbonyl (C=S) groups is 1. The highest BCUT2D eigenvalue weighted by Gasteiger charge is 2.11. The molecule has 8 heteroatoms. The van der Waals surface area contributed by atoms with Crippen LogP contribution in [-0.2, 0) is 0 Å². The summed E-state index contributed by atoms with van der Waals surface area (Å²) in [5, 5.41) is 21.1. The Bertz CT molecular complexity index is 694. The summed E-state index contributed by atoms with van der Waals surface area (Å²) in [6.07, 6.45) is 0. The second kappa shape index (κ2) is 8.30. The summed E-state index contributed by atoms with van der Waals surface area (Å²) in [4.78, 5) is 10.5. The topological polar surface area (TPSA) is 79.2 Å². The minimum atomic E-state index is -0.414. The number of halogens is 1. The first kappa shape index (κ1) is 17.0. The molecule has 3 N–H and O–H groups in total. The van der Waals surface area contributed by atoms with Crippen LogP contribution in [0.4, 0.5) is 17.1 Å². The second-order valence-electron chi connectivity index (χ2n) is 4.59. The molecule has 0 aromatic heterocycles. The Hall–Kier alpha value is -2.38. The van der Waals surface area contributed by atoms with Gasteiger partial charge in [0.2, 0.25) is 0 Å². The number of nitro groups is 1. The molecule has 0 unspecified atom stereocenters. The molecule has 0 aliphatic heterocycles. The minimum absolute atomic E-state index is 0.0503. The van der Waals surface area contributed by atoms with E-state index in [1.54, 1.807) is 30.3 Å². The van der Waals surface area contributed by atoms with Gasteiger partial charge < -0.3 is 16.0 Å². The number of nitro benzene ring substituents is 1. The highest BCUT2D eigenvalue weighted by atomic mass is 35.5. The van der Waals surface area contributed by atoms with Gasteiger partial charge in [-0.1, -0.05) is 23.7 Å². The van der Waals surface area contributed by atoms with Crippen molar-refractivity contribution in [3.8, 4) is 0 Å². The summed E-state index contributed by atoms with van der Waals surface area (Å²) in [6, 6.07) is 13.7. The lowest BCUT2D eigenvalue weighted by molar-refractivity contribution is -0.384. The zero-order valence-electron chi connectivity index (χ0n) is 12.1. The number of anilines is 2. The molecule has 120 valence electrons. The van der Waals surface area contributed by atoms with Crippen LogP contribution in [-0.4, -0.2) is 23.1 Å². The van der Waals surface area contributed by atoms with Gasteiger partial charge in [-0.25, -0.2) is 0 Å². The molecule has 6 nitrogen and oxygen atoms in total. The lowest BCUT2D eigenvalue weighted by Gasteiger charge is -2.11. The number of para-hydroxylation sites is 2. The number of benzene rings is 2. The van der Waals surface area contributed by atoms with Gasteiger partial charge in [-0.15, -0.1) is 0 Å². The quantitative estimate of drug-likeness (QED) is 0.319. The van der Waals surface area contributed by atoms with E-state index in [4.69, 9.17) is 23.8 Å². The van der Waals surface area contributed by atoms with E-state index in [0.29, 0.717) is 28.9 Å². The molecular formula is C15H15ClN4O2S. The smallest absolute Gasteiger partial charge is 0.292 e. The number of hydrogen-bond donors (Lipinski definition) is 3. The van der Waals surface area contributed by atoms with Crippen LogP contribution in [0.25, 0.3) is 0 Å². The van der Waals surface area contributed by atoms with E-state index in [1.165, 1.54) is 6.07 Å². The van der Waals surface area contributed by atoms with Crippen LogP contribution in [0.1, 0.15) is 0 Å². The standard InChI is InChI=1S/C15H15ClN4O2S/c16-11-5-7-12(8-6-11)19-15(23)18-10-9-17-13-3-1-2-4-14(13)20(21)22/h1-8,17H,9-10H2,(H2,18,19,23). The van der Waals surface area contributed by atoms with Crippen LogP contribution in [0.2, 0.25) is 5.02 Å². The van der Waals surface area contributed by atoms with E-state index in [2.05, 4.69) is 16.0 Å². The molecule has 2 aromatic carbocycles. The molecule has 0 radical (unpaired) electrons. The van der Waals surface area contributed by atoms with Crippen molar-refractivity contribution in [1.29, 1.82) is 0 Å². The highest BCUT2D eigenvalue weighted by molar-refractivity contribution is 7.80. The van der Waals surface area contributed by atoms with Crippen LogP contribution < -0.4 is 16.0 Å². The van der Waals surface area contributed by atoms with Gasteiger partial charge in [0.15, 0.2) is 5.11 Å². The fraction of sp³-hybridized carbons (Fsp3) is 0.133. The number of rotatable bonds is 6. The van der Waals surface area contributed by atoms with Gasteiger partial charge in [0.25, 0.3) is 5.69 Å². The summed E-state index contributed by atoms with van der Waals surface area (Å²) >= 11 is 11.0. The lowest BCUT2D eigenvalue weighted by atomic mass is 10.2. The van der Waals surface area contributed by atoms with Crippen LogP contribution in [0, 0.1) is 10.1 Å². The fourth-order valence-corrected chi connectivity index (χ4v) is 2.21. The van der Waals surface area contributed by atoms with Crippen molar-refractivity contribution in [2.45, 2.75) is 0 Å². The van der Waals surface area contributed by atoms with Crippen molar-refractivity contribution in [3.63, 3.8) is 0 Å². The molecule has 0 atom stereocenters. The lowest BCUT2D eigenvalue weighted by Crippen LogP contribution is -2.32. The third-order valence-electron chi connectivity index (χ3n) is 2.93. The van der Waals surface area contributed by atoms with Crippen molar-refractivity contribution in [2.75, 3.05) is 23.7 Å². The minimum Gasteiger partial charge on any atom is -0.378 e. The zero-order valence-corrected chi connectivity index (χ0v) is 13.7. The zero-order chi connectivity index (χ0) is 16.7. The molecule has 0 amide bonds. The monoisotopic (exact) mass is 350 g/mol. The van der Waals surface area contributed by atoms with E-state index in [1.807, 2.05) is 12.1 Å². The number of nitrogens with one attached hydrogen (secondary N) is 3. The Kier molecular flexibility index (Phi) is 6.13. The van der Waals surface area contributed by atoms with Crippen molar-refractivity contribution < 1.29 is 4.92 Å². The molecule has 0 saturated heterocycles. The molecule has 23 heavy (non-hydrogen) atoms. The number of hydrogen-bond acceptors (Lipinski definition) is 4. The summed E-state index contributed by atoms with van der Waals surface area (Å²) in [7, 11) is 0. The molecule has 0 fully saturated rings. The van der Waals surface area contributed by atoms with Gasteiger partial charge in [-0.05, 0) is 42.5 Å². The Labute approximate surface area is 144 Å². The van der Waals surface area contributed by atoms with Gasteiger partial charge in [-0.2, -0.15) is 0 Å². The first-order valence-corrected chi connectivity index (χ1v) is 7.62. The van der Waals surface area contributed by atoms with Crippen molar-refractivity contribution in [2.24, 2.45) is 0 Å². The van der Waals surface area contributed by atoms with Crippen molar-refractivity contribution >= 4 is 46.0 Å². The van der Waals surface area contributed by atoms with E-state index in [-0.39, 0.29) is 5.69 Å². The average molecular weight is 351 g/mol. The largest absolute Gasteiger partial charge is 0.378 e. The molecule has 0 aliphatic carbocycles. The van der Waals surface area contributed by atoms with Gasteiger partial charge in [0.05, 0.1) is 4.92 Å². The maximum absolute atomic E-state index is 10.9. The van der Waals surface area contributed by atoms with Crippen molar-refractivity contribution in [1.82, 2.24) is 5.32 Å². The Balaban J connectivity index is 1.76. The molecular weight excluding hydrogens is 336 g/mol. The maximum atomic E-state index is 10.9. The molecule has 2 aromatic rings. The molecule has 0 spiro atoms. The predicted molar refractivity (Wildman–Crippen MR) is 97.3 cm³/mol. The first-order valence-electron chi connectivity index (χ1n) is 6.84. The third-order valence-corrected chi connectivity index (χ3v) is 3.43. The SMILES string of the molecule is O=[N+]([O-])c1ccccc1NCCNC(=S)Nc1ccc(Cl)cc1. The Morgan fingerprint density at radius 2 is 1.83 bits per heavy atom. The van der Waals surface area contributed by atoms with Gasteiger partial charge in [0, 0.05) is 29.9 Å². The van der Waals surface area contributed by atoms with E-state index >= 15 is 0 Å². The third kappa shape index (κ3) is 5.39. The maximum Gasteiger partial charge on any atom is 0.292 e. The van der Waals surface area contributed by atoms with Gasteiger partial charge >= 0.3 is 0 Å². The normalized spacial score (nSPS) is 9.96. The molecule has 2 rings (SSSR count). The van der Waals surface area contributed by atoms with Crippen molar-refractivity contribution in [3.05, 3.63) is 63.7 Å². The van der Waals surface area contributed by atoms with E-state index in [0.717, 1.165) is 5.69 Å². The molecule has 0 heterocycles. The highest BCUT2D eigenvalue weighted by Crippen LogP contribution is 2.22. The fourth-order valence-electron chi connectivity index (χ4n) is 1.86. The van der Waals surface area contributed by atoms with Crippen LogP contribution in [0.3, 0.4) is 0 Å². The summed E-state index contributed by atoms with van der Waals surface area (Å²) in [5.74, 6) is 0. The average Bonchev–Trinajstić information content (AvgIpc) is 2.54. The van der Waals surface area contributed by atoms with E-state index < -0.39 is 4.92 Å². The number of nitrogens with zero attached hydrogens (tertiary/aromatic N) is 1. The second-order valence-corrected chi connectivity index (χ2v) is 5.43. The molecule has 0 saturated carbocycles. The summed E-state index contributed by atoms with van der Waals surface area (Å²) < 4.78 is 0. The Morgan fingerprint density at radius 1 is 1.13 bits per heavy atom. The van der Waals surface area contributed by atoms with Crippen LogP contribution >= 0.6 is 23.8 Å². The Morgan fingerprint density at radius 3 is 2.52 bits per heavy atom. The van der Waals surface area contributed by atoms with Crippen LogP contribution in [0.15, 0.2) is 48.5 Å². The first-order chi connectivity index (χ1) is 11.1. The van der Waals surface area contributed by atoms with Crippen LogP contribution in [0.5, 0.6) is 0 Å². The van der Waals surface area contributed by atoms with Gasteiger partial charge in [0.1, 0.15) is 5.69 Å². The van der Waals surface area contributed by atoms with E-state index in [9.17, 15) is 10.1 Å².